The number of allylic oxidation sites excluding steroid dienone is 1. The molecule has 2 amide bonds. The Morgan fingerprint density at radius 3 is 2.05 bits per heavy atom. The Hall–Kier alpha value is -3.01. The Labute approximate surface area is 259 Å². The molecule has 4 aliphatic heterocycles. The van der Waals surface area contributed by atoms with Crippen molar-refractivity contribution in [1.29, 1.82) is 0 Å². The number of thioether (sulfide) groups is 1. The molecule has 220 valence electrons. The minimum absolute atomic E-state index is 0.00496. The van der Waals surface area contributed by atoms with Gasteiger partial charge in [0.2, 0.25) is 5.91 Å². The van der Waals surface area contributed by atoms with Gasteiger partial charge >= 0.3 is 5.97 Å². The number of benzene rings is 2. The van der Waals surface area contributed by atoms with E-state index >= 15 is 0 Å². The predicted octanol–water partition coefficient (Wildman–Crippen LogP) is 6.13. The summed E-state index contributed by atoms with van der Waals surface area (Å²) in [6.45, 7) is 4.99. The van der Waals surface area contributed by atoms with Crippen LogP contribution in [0.25, 0.3) is 0 Å². The van der Waals surface area contributed by atoms with Crippen molar-refractivity contribution < 1.29 is 19.5 Å². The molecule has 42 heavy (non-hydrogen) atoms. The van der Waals surface area contributed by atoms with E-state index < -0.39 is 18.1 Å². The summed E-state index contributed by atoms with van der Waals surface area (Å²) in [5.74, 6) is -1.45. The topological polar surface area (TPSA) is 93.5 Å². The molecule has 0 bridgehead atoms. The van der Waals surface area contributed by atoms with Gasteiger partial charge < -0.3 is 19.8 Å². The molecule has 4 aliphatic rings. The Kier molecular flexibility index (Phi) is 8.02. The molecule has 0 aromatic heterocycles. The summed E-state index contributed by atoms with van der Waals surface area (Å²) < 4.78 is 0. The smallest absolute Gasteiger partial charge is 0.326 e. The second kappa shape index (κ2) is 11.6. The van der Waals surface area contributed by atoms with E-state index in [1.54, 1.807) is 4.90 Å². The van der Waals surface area contributed by atoms with E-state index in [1.807, 2.05) is 48.5 Å². The maximum absolute atomic E-state index is 14.3. The molecule has 2 aromatic carbocycles. The molecular formula is C31H32Cl2N4O4S. The number of carboxylic acids is 1. The average molecular weight is 628 g/mol. The molecule has 0 aliphatic carbocycles. The van der Waals surface area contributed by atoms with Crippen molar-refractivity contribution in [2.45, 2.75) is 63.7 Å². The summed E-state index contributed by atoms with van der Waals surface area (Å²) in [5.41, 5.74) is 2.91. The number of likely N-dealkylation sites (tertiary alicyclic amines) is 2. The largest absolute Gasteiger partial charge is 0.480 e. The van der Waals surface area contributed by atoms with E-state index in [1.165, 1.54) is 16.7 Å². The van der Waals surface area contributed by atoms with Crippen LogP contribution in [0.15, 0.2) is 64.1 Å². The van der Waals surface area contributed by atoms with Gasteiger partial charge in [-0.15, -0.1) is 0 Å². The number of fused-ring (bicyclic) bond motifs is 1. The molecule has 4 heterocycles. The molecule has 0 radical (unpaired) electrons. The van der Waals surface area contributed by atoms with E-state index in [2.05, 4.69) is 18.7 Å². The highest BCUT2D eigenvalue weighted by molar-refractivity contribution is 8.18. The third kappa shape index (κ3) is 5.09. The summed E-state index contributed by atoms with van der Waals surface area (Å²) >= 11 is 13.8. The Balaban J connectivity index is 1.35. The molecule has 0 saturated carbocycles. The molecular weight excluding hydrogens is 595 g/mol. The third-order valence-corrected chi connectivity index (χ3v) is 10.1. The van der Waals surface area contributed by atoms with Crippen LogP contribution in [0, 0.1) is 5.92 Å². The number of rotatable bonds is 6. The van der Waals surface area contributed by atoms with Crippen molar-refractivity contribution in [1.82, 2.24) is 14.7 Å². The van der Waals surface area contributed by atoms with Crippen molar-refractivity contribution in [2.75, 3.05) is 13.1 Å². The number of hydrogen-bond donors (Lipinski definition) is 1. The first kappa shape index (κ1) is 29.1. The van der Waals surface area contributed by atoms with Crippen molar-refractivity contribution in [3.8, 4) is 0 Å². The zero-order valence-corrected chi connectivity index (χ0v) is 25.7. The number of aliphatic carboxylic acids is 1. The molecule has 11 heteroatoms. The molecule has 2 saturated heterocycles. The Bertz CT molecular complexity index is 1480. The molecule has 2 aromatic rings. The van der Waals surface area contributed by atoms with Gasteiger partial charge in [-0.1, -0.05) is 61.3 Å². The van der Waals surface area contributed by atoms with Gasteiger partial charge in [-0.05, 0) is 78.8 Å². The Morgan fingerprint density at radius 2 is 1.45 bits per heavy atom. The van der Waals surface area contributed by atoms with Gasteiger partial charge in [-0.2, -0.15) is 0 Å². The van der Waals surface area contributed by atoms with Crippen LogP contribution in [0.3, 0.4) is 0 Å². The zero-order valence-electron chi connectivity index (χ0n) is 23.4. The lowest BCUT2D eigenvalue weighted by Crippen LogP contribution is -2.51. The highest BCUT2D eigenvalue weighted by atomic mass is 35.5. The van der Waals surface area contributed by atoms with Crippen LogP contribution in [0.1, 0.15) is 62.7 Å². The van der Waals surface area contributed by atoms with E-state index in [0.717, 1.165) is 22.0 Å². The van der Waals surface area contributed by atoms with E-state index in [4.69, 9.17) is 28.2 Å². The lowest BCUT2D eigenvalue weighted by Gasteiger charge is -2.32. The van der Waals surface area contributed by atoms with Crippen molar-refractivity contribution in [3.05, 3.63) is 80.3 Å². The molecule has 0 spiro atoms. The molecule has 6 rings (SSSR count). The number of carboxylic acid groups (broad SMARTS) is 1. The van der Waals surface area contributed by atoms with Crippen LogP contribution in [-0.4, -0.2) is 67.9 Å². The van der Waals surface area contributed by atoms with Gasteiger partial charge in [0.15, 0.2) is 5.17 Å². The monoisotopic (exact) mass is 626 g/mol. The van der Waals surface area contributed by atoms with E-state index in [0.29, 0.717) is 53.7 Å². The first-order valence-electron chi connectivity index (χ1n) is 14.3. The molecule has 1 N–H and O–H groups in total. The number of carbonyl (C=O) groups is 3. The number of hydrogen-bond acceptors (Lipinski definition) is 6. The number of carbonyl (C=O) groups excluding carboxylic acids is 2. The minimum atomic E-state index is -0.991. The molecule has 2 fully saturated rings. The highest BCUT2D eigenvalue weighted by Gasteiger charge is 2.49. The van der Waals surface area contributed by atoms with Crippen molar-refractivity contribution in [3.63, 3.8) is 0 Å². The normalized spacial score (nSPS) is 25.5. The fourth-order valence-corrected chi connectivity index (χ4v) is 8.12. The number of nitrogens with zero attached hydrogens (tertiary/aromatic N) is 4. The fourth-order valence-electron chi connectivity index (χ4n) is 6.57. The number of amidine groups is 1. The number of amides is 2. The maximum atomic E-state index is 14.3. The minimum Gasteiger partial charge on any atom is -0.480 e. The summed E-state index contributed by atoms with van der Waals surface area (Å²) in [6, 6.07) is 13.5. The van der Waals surface area contributed by atoms with E-state index in [9.17, 15) is 19.5 Å². The molecule has 0 unspecified atom stereocenters. The second-order valence-corrected chi connectivity index (χ2v) is 13.3. The van der Waals surface area contributed by atoms with Crippen LogP contribution >= 0.6 is 35.0 Å². The third-order valence-electron chi connectivity index (χ3n) is 8.50. The van der Waals surface area contributed by atoms with Crippen LogP contribution in [0.4, 0.5) is 0 Å². The van der Waals surface area contributed by atoms with Gasteiger partial charge in [0.25, 0.3) is 5.91 Å². The van der Waals surface area contributed by atoms with Gasteiger partial charge in [-0.25, -0.2) is 4.79 Å². The average Bonchev–Trinajstić information content (AvgIpc) is 3.76. The first-order chi connectivity index (χ1) is 20.2. The molecule has 4 atom stereocenters. The van der Waals surface area contributed by atoms with Crippen LogP contribution < -0.4 is 0 Å². The van der Waals surface area contributed by atoms with Crippen LogP contribution in [0.5, 0.6) is 0 Å². The lowest BCUT2D eigenvalue weighted by atomic mass is 9.92. The Morgan fingerprint density at radius 1 is 0.881 bits per heavy atom. The zero-order chi connectivity index (χ0) is 29.7. The van der Waals surface area contributed by atoms with E-state index in [-0.39, 0.29) is 29.8 Å². The summed E-state index contributed by atoms with van der Waals surface area (Å²) in [4.78, 5) is 50.6. The summed E-state index contributed by atoms with van der Waals surface area (Å²) in [6.07, 6.45) is 2.31. The lowest BCUT2D eigenvalue weighted by molar-refractivity contribution is -0.151. The van der Waals surface area contributed by atoms with Crippen molar-refractivity contribution >= 4 is 57.9 Å². The SMILES string of the molecule is CC(C)C1=C(C(=O)N2CCC[C@H]2C(=O)N2CCC[C@H]2C(=O)O)SC2=N[C@@H](c3ccc(Cl)cc3)[C@@H](c3ccc(Cl)cc3)N21. The quantitative estimate of drug-likeness (QED) is 0.415. The summed E-state index contributed by atoms with van der Waals surface area (Å²) in [5, 5.41) is 11.7. The first-order valence-corrected chi connectivity index (χ1v) is 15.9. The number of halogens is 2. The van der Waals surface area contributed by atoms with Crippen LogP contribution in [0.2, 0.25) is 10.0 Å². The van der Waals surface area contributed by atoms with Crippen molar-refractivity contribution in [2.24, 2.45) is 10.9 Å². The predicted molar refractivity (Wildman–Crippen MR) is 164 cm³/mol. The summed E-state index contributed by atoms with van der Waals surface area (Å²) in [7, 11) is 0. The van der Waals surface area contributed by atoms with Gasteiger partial charge in [0.1, 0.15) is 23.0 Å². The fraction of sp³-hybridized carbons (Fsp3) is 0.419. The van der Waals surface area contributed by atoms with Crippen LogP contribution in [-0.2, 0) is 14.4 Å². The number of aliphatic imine (C=N–C) groups is 1. The molecule has 8 nitrogen and oxygen atoms in total. The maximum Gasteiger partial charge on any atom is 0.326 e. The second-order valence-electron chi connectivity index (χ2n) is 11.4. The van der Waals surface area contributed by atoms with Gasteiger partial charge in [0.05, 0.1) is 6.04 Å². The van der Waals surface area contributed by atoms with Gasteiger partial charge in [0, 0.05) is 28.8 Å². The standard InChI is InChI=1S/C31H32Cl2N4O4S/c1-17(2)25-27(29(39)35-15-3-5-22(35)28(38)36-16-4-6-23(36)30(40)41)42-31-34-24(18-7-11-20(32)12-8-18)26(37(25)31)19-9-13-21(33)14-10-19/h7-14,17,22-24,26H,3-6,15-16H2,1-2H3,(H,40,41)/t22-,23-,24-,26+/m0/s1. The van der Waals surface area contributed by atoms with Gasteiger partial charge in [-0.3, -0.25) is 14.6 Å². The highest BCUT2D eigenvalue weighted by Crippen LogP contribution is 2.53.